The number of carbonyl (C=O) groups is 1. The molecule has 4 heteroatoms. The highest BCUT2D eigenvalue weighted by atomic mass is 32.1. The summed E-state index contributed by atoms with van der Waals surface area (Å²) in [5, 5.41) is 8.59. The minimum Gasteiger partial charge on any atom is -0.344 e. The second kappa shape index (κ2) is 6.87. The summed E-state index contributed by atoms with van der Waals surface area (Å²) in [5.74, 6) is 0.102. The smallest absolute Gasteiger partial charge is 0.222 e. The number of amides is 1. The molecule has 2 aromatic rings. The summed E-state index contributed by atoms with van der Waals surface area (Å²) < 4.78 is 0. The number of hydrogen-bond donors (Lipinski definition) is 2. The average Bonchev–Trinajstić information content (AvgIpc) is 3.17. The van der Waals surface area contributed by atoms with Gasteiger partial charge in [0.1, 0.15) is 0 Å². The van der Waals surface area contributed by atoms with Crippen molar-refractivity contribution in [2.45, 2.75) is 31.3 Å². The van der Waals surface area contributed by atoms with Crippen LogP contribution in [0.1, 0.15) is 35.7 Å². The van der Waals surface area contributed by atoms with Gasteiger partial charge < -0.3 is 10.6 Å². The van der Waals surface area contributed by atoms with E-state index >= 15 is 0 Å². The van der Waals surface area contributed by atoms with E-state index < -0.39 is 0 Å². The van der Waals surface area contributed by atoms with Gasteiger partial charge in [0.2, 0.25) is 5.91 Å². The highest BCUT2D eigenvalue weighted by Crippen LogP contribution is 2.26. The summed E-state index contributed by atoms with van der Waals surface area (Å²) >= 11 is 1.68. The minimum absolute atomic E-state index is 0.0420. The van der Waals surface area contributed by atoms with Crippen LogP contribution < -0.4 is 10.6 Å². The molecule has 1 aromatic carbocycles. The Balaban J connectivity index is 1.63. The van der Waals surface area contributed by atoms with E-state index in [0.717, 1.165) is 12.1 Å². The maximum atomic E-state index is 12.2. The first-order valence-corrected chi connectivity index (χ1v) is 8.32. The van der Waals surface area contributed by atoms with Gasteiger partial charge in [0.15, 0.2) is 0 Å². The monoisotopic (exact) mass is 300 g/mol. The Morgan fingerprint density at radius 2 is 2.00 bits per heavy atom. The highest BCUT2D eigenvalue weighted by Gasteiger charge is 2.21. The lowest BCUT2D eigenvalue weighted by Gasteiger charge is -2.18. The molecule has 1 aromatic heterocycles. The van der Waals surface area contributed by atoms with Crippen molar-refractivity contribution in [2.24, 2.45) is 0 Å². The Morgan fingerprint density at radius 3 is 2.67 bits per heavy atom. The van der Waals surface area contributed by atoms with Crippen LogP contribution in [0.2, 0.25) is 0 Å². The zero-order chi connectivity index (χ0) is 14.5. The fourth-order valence-corrected chi connectivity index (χ4v) is 3.13. The predicted octanol–water partition coefficient (Wildman–Crippen LogP) is 3.10. The van der Waals surface area contributed by atoms with Gasteiger partial charge in [-0.15, -0.1) is 11.3 Å². The van der Waals surface area contributed by atoms with Crippen molar-refractivity contribution >= 4 is 17.2 Å². The van der Waals surface area contributed by atoms with Gasteiger partial charge in [0.05, 0.1) is 6.04 Å². The standard InChI is InChI=1S/C17H20N2OS/c20-16(10-11-18-14-8-9-14)19-17(15-7-4-12-21-15)13-5-2-1-3-6-13/h1-7,12,14,17-18H,8-11H2,(H,19,20). The molecule has 3 rings (SSSR count). The third kappa shape index (κ3) is 4.16. The van der Waals surface area contributed by atoms with Gasteiger partial charge in [-0.05, 0) is 29.9 Å². The fourth-order valence-electron chi connectivity index (χ4n) is 2.33. The van der Waals surface area contributed by atoms with Crippen molar-refractivity contribution in [3.05, 3.63) is 58.3 Å². The molecule has 0 saturated heterocycles. The summed E-state index contributed by atoms with van der Waals surface area (Å²) in [6.07, 6.45) is 3.04. The number of benzene rings is 1. The van der Waals surface area contributed by atoms with E-state index in [1.54, 1.807) is 11.3 Å². The van der Waals surface area contributed by atoms with Gasteiger partial charge in [-0.3, -0.25) is 4.79 Å². The molecule has 1 saturated carbocycles. The summed E-state index contributed by atoms with van der Waals surface area (Å²) in [5.41, 5.74) is 1.13. The molecule has 0 radical (unpaired) electrons. The van der Waals surface area contributed by atoms with E-state index in [1.807, 2.05) is 29.6 Å². The number of hydrogen-bond acceptors (Lipinski definition) is 3. The molecule has 0 aliphatic heterocycles. The summed E-state index contributed by atoms with van der Waals surface area (Å²) in [4.78, 5) is 13.3. The molecule has 1 atom stereocenters. The molecule has 2 N–H and O–H groups in total. The molecule has 21 heavy (non-hydrogen) atoms. The Morgan fingerprint density at radius 1 is 1.19 bits per heavy atom. The Kier molecular flexibility index (Phi) is 4.68. The molecule has 0 spiro atoms. The third-order valence-electron chi connectivity index (χ3n) is 3.63. The number of carbonyl (C=O) groups excluding carboxylic acids is 1. The van der Waals surface area contributed by atoms with E-state index in [0.29, 0.717) is 12.5 Å². The largest absolute Gasteiger partial charge is 0.344 e. The molecule has 1 fully saturated rings. The lowest BCUT2D eigenvalue weighted by molar-refractivity contribution is -0.121. The van der Waals surface area contributed by atoms with Gasteiger partial charge in [-0.1, -0.05) is 36.4 Å². The van der Waals surface area contributed by atoms with Crippen molar-refractivity contribution in [1.82, 2.24) is 10.6 Å². The molecular formula is C17H20N2OS. The third-order valence-corrected chi connectivity index (χ3v) is 4.57. The average molecular weight is 300 g/mol. The van der Waals surface area contributed by atoms with E-state index in [9.17, 15) is 4.79 Å². The van der Waals surface area contributed by atoms with Crippen molar-refractivity contribution in [1.29, 1.82) is 0 Å². The van der Waals surface area contributed by atoms with Crippen LogP contribution in [0.5, 0.6) is 0 Å². The molecule has 3 nitrogen and oxygen atoms in total. The van der Waals surface area contributed by atoms with Gasteiger partial charge >= 0.3 is 0 Å². The number of thiophene rings is 1. The Labute approximate surface area is 129 Å². The summed E-state index contributed by atoms with van der Waals surface area (Å²) in [7, 11) is 0. The van der Waals surface area contributed by atoms with E-state index in [-0.39, 0.29) is 11.9 Å². The van der Waals surface area contributed by atoms with E-state index in [4.69, 9.17) is 0 Å². The van der Waals surface area contributed by atoms with Crippen LogP contribution in [0.15, 0.2) is 47.8 Å². The number of rotatable bonds is 7. The van der Waals surface area contributed by atoms with Gasteiger partial charge in [-0.2, -0.15) is 0 Å². The van der Waals surface area contributed by atoms with Crippen molar-refractivity contribution < 1.29 is 4.79 Å². The maximum absolute atomic E-state index is 12.2. The Bertz CT molecular complexity index is 564. The molecule has 1 amide bonds. The molecule has 1 heterocycles. The van der Waals surface area contributed by atoms with Crippen LogP contribution >= 0.6 is 11.3 Å². The van der Waals surface area contributed by atoms with Gasteiger partial charge in [-0.25, -0.2) is 0 Å². The quantitative estimate of drug-likeness (QED) is 0.825. The van der Waals surface area contributed by atoms with E-state index in [2.05, 4.69) is 28.8 Å². The zero-order valence-electron chi connectivity index (χ0n) is 11.9. The highest BCUT2D eigenvalue weighted by molar-refractivity contribution is 7.10. The summed E-state index contributed by atoms with van der Waals surface area (Å²) in [6.45, 7) is 0.766. The molecule has 1 aliphatic rings. The van der Waals surface area contributed by atoms with Crippen LogP contribution in [0, 0.1) is 0 Å². The van der Waals surface area contributed by atoms with Gasteiger partial charge in [0, 0.05) is 23.9 Å². The first-order chi connectivity index (χ1) is 10.3. The molecule has 1 unspecified atom stereocenters. The number of nitrogens with one attached hydrogen (secondary N) is 2. The van der Waals surface area contributed by atoms with Crippen LogP contribution in [0.4, 0.5) is 0 Å². The Hall–Kier alpha value is -1.65. The molecule has 1 aliphatic carbocycles. The lowest BCUT2D eigenvalue weighted by Crippen LogP contribution is -2.31. The normalized spacial score (nSPS) is 15.6. The molecular weight excluding hydrogens is 280 g/mol. The molecule has 0 bridgehead atoms. The second-order valence-corrected chi connectivity index (χ2v) is 6.38. The van der Waals surface area contributed by atoms with Crippen LogP contribution in [0.3, 0.4) is 0 Å². The van der Waals surface area contributed by atoms with Crippen molar-refractivity contribution in [3.8, 4) is 0 Å². The van der Waals surface area contributed by atoms with Crippen molar-refractivity contribution in [2.75, 3.05) is 6.54 Å². The topological polar surface area (TPSA) is 41.1 Å². The maximum Gasteiger partial charge on any atom is 0.222 e. The minimum atomic E-state index is -0.0420. The zero-order valence-corrected chi connectivity index (χ0v) is 12.7. The van der Waals surface area contributed by atoms with Gasteiger partial charge in [0.25, 0.3) is 0 Å². The fraction of sp³-hybridized carbons (Fsp3) is 0.353. The van der Waals surface area contributed by atoms with Crippen LogP contribution in [-0.2, 0) is 4.79 Å². The molecule has 110 valence electrons. The SMILES string of the molecule is O=C(CCNC1CC1)NC(c1ccccc1)c1cccs1. The van der Waals surface area contributed by atoms with Crippen LogP contribution in [-0.4, -0.2) is 18.5 Å². The lowest BCUT2D eigenvalue weighted by atomic mass is 10.1. The van der Waals surface area contributed by atoms with Crippen LogP contribution in [0.25, 0.3) is 0 Å². The first-order valence-electron chi connectivity index (χ1n) is 7.44. The van der Waals surface area contributed by atoms with E-state index in [1.165, 1.54) is 17.7 Å². The van der Waals surface area contributed by atoms with Crippen molar-refractivity contribution in [3.63, 3.8) is 0 Å². The predicted molar refractivity (Wildman–Crippen MR) is 86.4 cm³/mol. The first kappa shape index (κ1) is 14.3. The summed E-state index contributed by atoms with van der Waals surface area (Å²) in [6, 6.07) is 14.9. The second-order valence-electron chi connectivity index (χ2n) is 5.41.